The minimum absolute atomic E-state index is 0.0701. The summed E-state index contributed by atoms with van der Waals surface area (Å²) < 4.78 is 5.10. The number of ether oxygens (including phenoxy) is 1. The van der Waals surface area contributed by atoms with Crippen molar-refractivity contribution in [3.05, 3.63) is 24.3 Å². The highest BCUT2D eigenvalue weighted by molar-refractivity contribution is 8.00. The Kier molecular flexibility index (Phi) is 5.51. The molecule has 2 rings (SSSR count). The predicted molar refractivity (Wildman–Crippen MR) is 83.3 cm³/mol. The molecule has 1 saturated carbocycles. The lowest BCUT2D eigenvalue weighted by Gasteiger charge is -2.31. The molecule has 1 aliphatic rings. The van der Waals surface area contributed by atoms with Crippen LogP contribution in [-0.2, 0) is 4.79 Å². The van der Waals surface area contributed by atoms with Crippen LogP contribution in [0.1, 0.15) is 32.1 Å². The number of benzene rings is 1. The Morgan fingerprint density at radius 2 is 2.00 bits per heavy atom. The number of thioether (sulfide) groups is 1. The number of nitriles is 1. The molecule has 0 atom stereocenters. The van der Waals surface area contributed by atoms with Gasteiger partial charge in [0.25, 0.3) is 0 Å². The van der Waals surface area contributed by atoms with E-state index in [0.717, 1.165) is 42.7 Å². The van der Waals surface area contributed by atoms with E-state index in [2.05, 4.69) is 11.4 Å². The van der Waals surface area contributed by atoms with Crippen LogP contribution in [0.3, 0.4) is 0 Å². The highest BCUT2D eigenvalue weighted by Crippen LogP contribution is 2.28. The molecule has 1 N–H and O–H groups in total. The van der Waals surface area contributed by atoms with Gasteiger partial charge in [-0.3, -0.25) is 4.79 Å². The minimum atomic E-state index is -0.643. The van der Waals surface area contributed by atoms with Crippen LogP contribution in [0.15, 0.2) is 29.2 Å². The smallest absolute Gasteiger partial charge is 0.231 e. The molecule has 0 saturated heterocycles. The molecule has 0 aromatic heterocycles. The number of rotatable bonds is 5. The number of nitrogens with zero attached hydrogens (tertiary/aromatic N) is 1. The zero-order chi connectivity index (χ0) is 15.1. The van der Waals surface area contributed by atoms with Crippen molar-refractivity contribution in [2.45, 2.75) is 42.5 Å². The summed E-state index contributed by atoms with van der Waals surface area (Å²) in [6, 6.07) is 9.91. The first-order chi connectivity index (χ1) is 10.2. The number of hydrogen-bond donors (Lipinski definition) is 1. The van der Waals surface area contributed by atoms with Crippen LogP contribution < -0.4 is 10.1 Å². The van der Waals surface area contributed by atoms with Gasteiger partial charge in [0.05, 0.1) is 18.9 Å². The van der Waals surface area contributed by atoms with Crippen LogP contribution in [0.2, 0.25) is 0 Å². The number of carbonyl (C=O) groups excluding carboxylic acids is 1. The van der Waals surface area contributed by atoms with Crippen LogP contribution >= 0.6 is 11.8 Å². The summed E-state index contributed by atoms with van der Waals surface area (Å²) in [5.74, 6) is 1.06. The lowest BCUT2D eigenvalue weighted by atomic mass is 9.83. The predicted octanol–water partition coefficient (Wildman–Crippen LogP) is 3.13. The number of nitrogens with one attached hydrogen (secondary N) is 1. The third-order valence-corrected chi connectivity index (χ3v) is 4.74. The average molecular weight is 304 g/mol. The Morgan fingerprint density at radius 3 is 2.57 bits per heavy atom. The van der Waals surface area contributed by atoms with Crippen molar-refractivity contribution < 1.29 is 9.53 Å². The zero-order valence-electron chi connectivity index (χ0n) is 12.2. The third kappa shape index (κ3) is 4.40. The van der Waals surface area contributed by atoms with Crippen LogP contribution in [0, 0.1) is 11.3 Å². The SMILES string of the molecule is COc1ccc(SCC(=O)NC2(C#N)CCCCC2)cc1. The highest BCUT2D eigenvalue weighted by Gasteiger charge is 2.33. The third-order valence-electron chi connectivity index (χ3n) is 3.73. The van der Waals surface area contributed by atoms with Gasteiger partial charge in [0.15, 0.2) is 0 Å². The van der Waals surface area contributed by atoms with Crippen molar-refractivity contribution >= 4 is 17.7 Å². The number of carbonyl (C=O) groups is 1. The second kappa shape index (κ2) is 7.37. The second-order valence-electron chi connectivity index (χ2n) is 5.27. The van der Waals surface area contributed by atoms with E-state index in [9.17, 15) is 10.1 Å². The molecule has 1 aromatic carbocycles. The largest absolute Gasteiger partial charge is 0.497 e. The summed E-state index contributed by atoms with van der Waals surface area (Å²) in [5, 5.41) is 12.3. The Bertz CT molecular complexity index is 516. The normalized spacial score (nSPS) is 16.8. The summed E-state index contributed by atoms with van der Waals surface area (Å²) in [6.07, 6.45) is 4.71. The first-order valence-corrected chi connectivity index (χ1v) is 8.15. The summed E-state index contributed by atoms with van der Waals surface area (Å²) in [7, 11) is 1.63. The molecule has 0 spiro atoms. The lowest BCUT2D eigenvalue weighted by molar-refractivity contribution is -0.120. The monoisotopic (exact) mass is 304 g/mol. The molecular formula is C16H20N2O2S. The van der Waals surface area contributed by atoms with Gasteiger partial charge >= 0.3 is 0 Å². The molecule has 0 radical (unpaired) electrons. The van der Waals surface area contributed by atoms with E-state index >= 15 is 0 Å². The molecule has 1 fully saturated rings. The fourth-order valence-corrected chi connectivity index (χ4v) is 3.24. The van der Waals surface area contributed by atoms with Gasteiger partial charge in [0.1, 0.15) is 11.3 Å². The minimum Gasteiger partial charge on any atom is -0.497 e. The van der Waals surface area contributed by atoms with Gasteiger partial charge in [0.2, 0.25) is 5.91 Å². The molecule has 0 unspecified atom stereocenters. The van der Waals surface area contributed by atoms with Crippen molar-refractivity contribution in [2.75, 3.05) is 12.9 Å². The first-order valence-electron chi connectivity index (χ1n) is 7.16. The van der Waals surface area contributed by atoms with E-state index in [-0.39, 0.29) is 5.91 Å². The van der Waals surface area contributed by atoms with E-state index in [4.69, 9.17) is 4.74 Å². The van der Waals surface area contributed by atoms with Gasteiger partial charge in [0, 0.05) is 4.90 Å². The Balaban J connectivity index is 1.85. The fourth-order valence-electron chi connectivity index (χ4n) is 2.54. The number of methoxy groups -OCH3 is 1. The van der Waals surface area contributed by atoms with Crippen LogP contribution in [0.5, 0.6) is 5.75 Å². The van der Waals surface area contributed by atoms with Crippen molar-refractivity contribution in [1.29, 1.82) is 5.26 Å². The maximum atomic E-state index is 12.1. The van der Waals surface area contributed by atoms with Crippen LogP contribution in [0.25, 0.3) is 0 Å². The van der Waals surface area contributed by atoms with Gasteiger partial charge in [-0.05, 0) is 37.1 Å². The van der Waals surface area contributed by atoms with E-state index < -0.39 is 5.54 Å². The Labute approximate surface area is 129 Å². The Hall–Kier alpha value is -1.67. The molecular weight excluding hydrogens is 284 g/mol. The van der Waals surface area contributed by atoms with E-state index in [0.29, 0.717) is 5.75 Å². The average Bonchev–Trinajstić information content (AvgIpc) is 2.54. The zero-order valence-corrected chi connectivity index (χ0v) is 13.0. The molecule has 0 aliphatic heterocycles. The van der Waals surface area contributed by atoms with Gasteiger partial charge in [-0.15, -0.1) is 11.8 Å². The lowest BCUT2D eigenvalue weighted by Crippen LogP contribution is -2.49. The van der Waals surface area contributed by atoms with Crippen molar-refractivity contribution in [3.8, 4) is 11.8 Å². The van der Waals surface area contributed by atoms with Crippen LogP contribution in [-0.4, -0.2) is 24.3 Å². The van der Waals surface area contributed by atoms with Crippen LogP contribution in [0.4, 0.5) is 0 Å². The molecule has 112 valence electrons. The van der Waals surface area contributed by atoms with E-state index in [1.54, 1.807) is 7.11 Å². The van der Waals surface area contributed by atoms with Crippen molar-refractivity contribution in [2.24, 2.45) is 0 Å². The van der Waals surface area contributed by atoms with Gasteiger partial charge in [-0.2, -0.15) is 5.26 Å². The fraction of sp³-hybridized carbons (Fsp3) is 0.500. The molecule has 21 heavy (non-hydrogen) atoms. The highest BCUT2D eigenvalue weighted by atomic mass is 32.2. The van der Waals surface area contributed by atoms with E-state index in [1.807, 2.05) is 24.3 Å². The first kappa shape index (κ1) is 15.7. The molecule has 1 aromatic rings. The maximum Gasteiger partial charge on any atom is 0.231 e. The topological polar surface area (TPSA) is 62.1 Å². The molecule has 5 heteroatoms. The number of hydrogen-bond acceptors (Lipinski definition) is 4. The van der Waals surface area contributed by atoms with Gasteiger partial charge in [-0.1, -0.05) is 19.3 Å². The standard InChI is InChI=1S/C16H20N2O2S/c1-20-13-5-7-14(8-6-13)21-11-15(19)18-16(12-17)9-3-2-4-10-16/h5-8H,2-4,9-11H2,1H3,(H,18,19). The quantitative estimate of drug-likeness (QED) is 0.849. The van der Waals surface area contributed by atoms with E-state index in [1.165, 1.54) is 11.8 Å². The van der Waals surface area contributed by atoms with Gasteiger partial charge in [-0.25, -0.2) is 0 Å². The molecule has 4 nitrogen and oxygen atoms in total. The van der Waals surface area contributed by atoms with Crippen molar-refractivity contribution in [1.82, 2.24) is 5.32 Å². The summed E-state index contributed by atoms with van der Waals surface area (Å²) >= 11 is 1.47. The molecule has 0 heterocycles. The summed E-state index contributed by atoms with van der Waals surface area (Å²) in [5.41, 5.74) is -0.643. The summed E-state index contributed by atoms with van der Waals surface area (Å²) in [6.45, 7) is 0. The number of amides is 1. The maximum absolute atomic E-state index is 12.1. The molecule has 1 amide bonds. The van der Waals surface area contributed by atoms with Gasteiger partial charge < -0.3 is 10.1 Å². The van der Waals surface area contributed by atoms with Crippen molar-refractivity contribution in [3.63, 3.8) is 0 Å². The second-order valence-corrected chi connectivity index (χ2v) is 6.32. The molecule has 0 bridgehead atoms. The summed E-state index contributed by atoms with van der Waals surface area (Å²) in [4.78, 5) is 13.1. The molecule has 1 aliphatic carbocycles. The Morgan fingerprint density at radius 1 is 1.33 bits per heavy atom.